The molecule has 10 nitrogen and oxygen atoms in total. The number of aromatic hydroxyl groups is 1. The molecule has 0 bridgehead atoms. The number of hydrogen-bond donors (Lipinski definition) is 4. The Balaban J connectivity index is 0.000000280. The molecule has 28 heavy (non-hydrogen) atoms. The summed E-state index contributed by atoms with van der Waals surface area (Å²) in [4.78, 5) is 21.3. The largest absolute Gasteiger partial charge is 0.502 e. The maximum Gasteiger partial charge on any atom is 0.335 e. The van der Waals surface area contributed by atoms with Gasteiger partial charge in [0.05, 0.1) is 25.4 Å². The smallest absolute Gasteiger partial charge is 0.335 e. The fourth-order valence-electron chi connectivity index (χ4n) is 2.22. The SMILES string of the molecule is COC1C=C(C(=O)O)C=CC1(O)OC.COc1cc(C(=O)O)cc(OC)c1O. The highest BCUT2D eigenvalue weighted by Gasteiger charge is 2.36. The summed E-state index contributed by atoms with van der Waals surface area (Å²) in [7, 11) is 5.35. The van der Waals surface area contributed by atoms with Crippen molar-refractivity contribution in [1.82, 2.24) is 0 Å². The second kappa shape index (κ2) is 9.74. The fraction of sp³-hybridized carbons (Fsp3) is 0.333. The normalized spacial score (nSPS) is 20.5. The van der Waals surface area contributed by atoms with Crippen LogP contribution in [0.5, 0.6) is 17.2 Å². The molecule has 1 aliphatic carbocycles. The average molecular weight is 398 g/mol. The molecule has 0 amide bonds. The fourth-order valence-corrected chi connectivity index (χ4v) is 2.22. The molecule has 0 heterocycles. The zero-order valence-corrected chi connectivity index (χ0v) is 15.7. The molecule has 154 valence electrons. The summed E-state index contributed by atoms with van der Waals surface area (Å²) in [5.74, 6) is -3.83. The van der Waals surface area contributed by atoms with E-state index in [1.165, 1.54) is 58.8 Å². The maximum atomic E-state index is 10.7. The van der Waals surface area contributed by atoms with E-state index in [0.29, 0.717) is 0 Å². The average Bonchev–Trinajstić information content (AvgIpc) is 2.68. The van der Waals surface area contributed by atoms with Gasteiger partial charge < -0.3 is 39.4 Å². The number of carboxylic acid groups (broad SMARTS) is 2. The number of aliphatic carboxylic acids is 1. The number of aromatic carboxylic acids is 1. The van der Waals surface area contributed by atoms with Crippen LogP contribution < -0.4 is 9.47 Å². The molecule has 2 unspecified atom stereocenters. The first kappa shape index (κ1) is 23.0. The van der Waals surface area contributed by atoms with Crippen molar-refractivity contribution < 1.29 is 49.0 Å². The van der Waals surface area contributed by atoms with E-state index in [4.69, 9.17) is 29.2 Å². The molecule has 0 aromatic heterocycles. The van der Waals surface area contributed by atoms with Gasteiger partial charge in [-0.3, -0.25) is 0 Å². The minimum atomic E-state index is -1.59. The van der Waals surface area contributed by atoms with Gasteiger partial charge in [0, 0.05) is 14.2 Å². The number of rotatable bonds is 6. The van der Waals surface area contributed by atoms with Crippen molar-refractivity contribution >= 4 is 11.9 Å². The number of carboxylic acids is 2. The minimum absolute atomic E-state index is 0.00324. The van der Waals surface area contributed by atoms with Gasteiger partial charge >= 0.3 is 11.9 Å². The highest BCUT2D eigenvalue weighted by molar-refractivity contribution is 5.90. The zero-order valence-electron chi connectivity index (χ0n) is 15.7. The van der Waals surface area contributed by atoms with Gasteiger partial charge in [-0.05, 0) is 30.4 Å². The molecule has 0 aliphatic heterocycles. The van der Waals surface area contributed by atoms with Crippen LogP contribution in [0.15, 0.2) is 35.9 Å². The Morgan fingerprint density at radius 1 is 1.00 bits per heavy atom. The van der Waals surface area contributed by atoms with Crippen LogP contribution in [0.2, 0.25) is 0 Å². The number of benzene rings is 1. The van der Waals surface area contributed by atoms with E-state index in [0.717, 1.165) is 0 Å². The van der Waals surface area contributed by atoms with Crippen molar-refractivity contribution in [2.75, 3.05) is 28.4 Å². The van der Waals surface area contributed by atoms with Crippen LogP contribution in [0.4, 0.5) is 0 Å². The van der Waals surface area contributed by atoms with Gasteiger partial charge in [-0.2, -0.15) is 0 Å². The molecule has 2 rings (SSSR count). The Labute approximate surface area is 160 Å². The molecule has 1 aromatic carbocycles. The molecular formula is C18H22O10. The van der Waals surface area contributed by atoms with E-state index in [1.54, 1.807) is 0 Å². The number of phenols is 1. The lowest BCUT2D eigenvalue weighted by molar-refractivity contribution is -0.203. The van der Waals surface area contributed by atoms with Crippen LogP contribution in [-0.2, 0) is 14.3 Å². The third-order valence-corrected chi connectivity index (χ3v) is 3.79. The Hall–Kier alpha value is -3.08. The van der Waals surface area contributed by atoms with Gasteiger partial charge in [-0.25, -0.2) is 9.59 Å². The Bertz CT molecular complexity index is 758. The van der Waals surface area contributed by atoms with E-state index >= 15 is 0 Å². The van der Waals surface area contributed by atoms with Gasteiger partial charge in [0.2, 0.25) is 11.5 Å². The van der Waals surface area contributed by atoms with E-state index < -0.39 is 23.8 Å². The van der Waals surface area contributed by atoms with E-state index in [1.807, 2.05) is 0 Å². The summed E-state index contributed by atoms with van der Waals surface area (Å²) >= 11 is 0. The molecule has 1 aliphatic rings. The standard InChI is InChI=1S/C9H10O5.C9H12O5/c1-13-6-3-5(9(11)12)4-7(14-2)8(6)10;1-13-7-5-6(8(10)11)3-4-9(7,12)14-2/h3-4,10H,1-2H3,(H,11,12);3-5,7,12H,1-2H3,(H,10,11). The monoisotopic (exact) mass is 398 g/mol. The molecule has 0 saturated heterocycles. The lowest BCUT2D eigenvalue weighted by atomic mass is 9.99. The molecule has 0 spiro atoms. The highest BCUT2D eigenvalue weighted by Crippen LogP contribution is 2.36. The third-order valence-electron chi connectivity index (χ3n) is 3.79. The molecule has 4 N–H and O–H groups in total. The van der Waals surface area contributed by atoms with Crippen molar-refractivity contribution in [2.45, 2.75) is 11.9 Å². The number of hydrogen-bond acceptors (Lipinski definition) is 8. The number of phenolic OH excluding ortho intramolecular Hbond substituents is 1. The van der Waals surface area contributed by atoms with Crippen molar-refractivity contribution in [3.63, 3.8) is 0 Å². The van der Waals surface area contributed by atoms with E-state index in [2.05, 4.69) is 0 Å². The zero-order chi connectivity index (χ0) is 21.5. The predicted molar refractivity (Wildman–Crippen MR) is 95.8 cm³/mol. The molecule has 0 fully saturated rings. The van der Waals surface area contributed by atoms with E-state index in [9.17, 15) is 19.8 Å². The molecular weight excluding hydrogens is 376 g/mol. The Morgan fingerprint density at radius 3 is 1.89 bits per heavy atom. The summed E-state index contributed by atoms with van der Waals surface area (Å²) in [5, 5.41) is 36.6. The predicted octanol–water partition coefficient (Wildman–Crippen LogP) is 1.02. The molecule has 10 heteroatoms. The molecule has 0 radical (unpaired) electrons. The minimum Gasteiger partial charge on any atom is -0.502 e. The topological polar surface area (TPSA) is 152 Å². The first-order chi connectivity index (χ1) is 13.1. The van der Waals surface area contributed by atoms with Crippen LogP contribution in [0, 0.1) is 0 Å². The van der Waals surface area contributed by atoms with Crippen molar-refractivity contribution in [1.29, 1.82) is 0 Å². The van der Waals surface area contributed by atoms with Crippen LogP contribution in [0.1, 0.15) is 10.4 Å². The van der Waals surface area contributed by atoms with Crippen molar-refractivity contribution in [3.8, 4) is 17.2 Å². The van der Waals surface area contributed by atoms with Gasteiger partial charge in [-0.15, -0.1) is 0 Å². The number of carbonyl (C=O) groups is 2. The summed E-state index contributed by atoms with van der Waals surface area (Å²) in [6.45, 7) is 0. The summed E-state index contributed by atoms with van der Waals surface area (Å²) in [5.41, 5.74) is 0.0649. The first-order valence-corrected chi connectivity index (χ1v) is 7.76. The van der Waals surface area contributed by atoms with E-state index in [-0.39, 0.29) is 28.4 Å². The number of ether oxygens (including phenoxy) is 4. The third kappa shape index (κ3) is 5.22. The summed E-state index contributed by atoms with van der Waals surface area (Å²) in [6, 6.07) is 2.44. The first-order valence-electron chi connectivity index (χ1n) is 7.76. The van der Waals surface area contributed by atoms with Crippen LogP contribution >= 0.6 is 0 Å². The summed E-state index contributed by atoms with van der Waals surface area (Å²) in [6.07, 6.45) is 3.02. The van der Waals surface area contributed by atoms with Crippen LogP contribution in [0.25, 0.3) is 0 Å². The highest BCUT2D eigenvalue weighted by atomic mass is 16.6. The van der Waals surface area contributed by atoms with Gasteiger partial charge in [0.15, 0.2) is 11.5 Å². The maximum absolute atomic E-state index is 10.7. The van der Waals surface area contributed by atoms with Gasteiger partial charge in [0.25, 0.3) is 0 Å². The summed E-state index contributed by atoms with van der Waals surface area (Å²) < 4.78 is 19.3. The Kier molecular flexibility index (Phi) is 7.99. The molecule has 0 saturated carbocycles. The van der Waals surface area contributed by atoms with Crippen LogP contribution in [0.3, 0.4) is 0 Å². The van der Waals surface area contributed by atoms with Crippen LogP contribution in [-0.4, -0.2) is 72.7 Å². The van der Waals surface area contributed by atoms with Crippen molar-refractivity contribution in [3.05, 3.63) is 41.5 Å². The lowest BCUT2D eigenvalue weighted by Crippen LogP contribution is -2.44. The number of aliphatic hydroxyl groups is 1. The molecule has 1 aromatic rings. The number of methoxy groups -OCH3 is 4. The van der Waals surface area contributed by atoms with Gasteiger partial charge in [-0.1, -0.05) is 0 Å². The second-order valence-corrected chi connectivity index (χ2v) is 5.41. The Morgan fingerprint density at radius 2 is 1.54 bits per heavy atom. The van der Waals surface area contributed by atoms with Crippen molar-refractivity contribution in [2.24, 2.45) is 0 Å². The molecule has 2 atom stereocenters. The second-order valence-electron chi connectivity index (χ2n) is 5.41. The lowest BCUT2D eigenvalue weighted by Gasteiger charge is -2.31. The van der Waals surface area contributed by atoms with Gasteiger partial charge in [0.1, 0.15) is 6.10 Å². The quantitative estimate of drug-likeness (QED) is 0.511.